The second-order valence-electron chi connectivity index (χ2n) is 4.30. The Hall–Kier alpha value is -1.19. The highest BCUT2D eigenvalue weighted by Crippen LogP contribution is 2.29. The first-order valence-electron chi connectivity index (χ1n) is 5.79. The van der Waals surface area contributed by atoms with Crippen LogP contribution in [0.3, 0.4) is 0 Å². The number of thiophene rings is 1. The maximum absolute atomic E-state index is 4.54. The normalized spacial score (nSPS) is 12.7. The van der Waals surface area contributed by atoms with Crippen molar-refractivity contribution in [2.24, 2.45) is 0 Å². The summed E-state index contributed by atoms with van der Waals surface area (Å²) in [4.78, 5) is 7.23. The van der Waals surface area contributed by atoms with Gasteiger partial charge in [0.15, 0.2) is 0 Å². The second-order valence-corrected chi connectivity index (χ2v) is 5.62. The first-order valence-corrected chi connectivity index (χ1v) is 6.61. The lowest BCUT2D eigenvalue weighted by Crippen LogP contribution is -2.18. The van der Waals surface area contributed by atoms with Gasteiger partial charge in [0.05, 0.1) is 6.04 Å². The Kier molecular flexibility index (Phi) is 3.60. The summed E-state index contributed by atoms with van der Waals surface area (Å²) in [7, 11) is 2.00. The predicted molar refractivity (Wildman–Crippen MR) is 73.7 cm³/mol. The van der Waals surface area contributed by atoms with Gasteiger partial charge in [0.2, 0.25) is 0 Å². The molecule has 0 fully saturated rings. The van der Waals surface area contributed by atoms with Crippen molar-refractivity contribution in [3.63, 3.8) is 0 Å². The molecule has 0 aliphatic rings. The van der Waals surface area contributed by atoms with Gasteiger partial charge < -0.3 is 5.32 Å². The average molecular weight is 246 g/mol. The number of pyridine rings is 1. The molecule has 0 saturated heterocycles. The molecule has 1 N–H and O–H groups in total. The number of nitrogens with one attached hydrogen (secondary N) is 1. The van der Waals surface area contributed by atoms with Crippen molar-refractivity contribution in [2.75, 3.05) is 7.05 Å². The number of rotatable bonds is 3. The van der Waals surface area contributed by atoms with Crippen molar-refractivity contribution in [1.82, 2.24) is 10.3 Å². The first-order chi connectivity index (χ1) is 8.11. The van der Waals surface area contributed by atoms with Gasteiger partial charge in [0, 0.05) is 21.1 Å². The van der Waals surface area contributed by atoms with E-state index in [0.717, 1.165) is 11.4 Å². The highest BCUT2D eigenvalue weighted by molar-refractivity contribution is 7.12. The third-order valence-corrected chi connectivity index (χ3v) is 3.98. The van der Waals surface area contributed by atoms with E-state index in [4.69, 9.17) is 0 Å². The van der Waals surface area contributed by atoms with Gasteiger partial charge in [-0.2, -0.15) is 0 Å². The summed E-state index contributed by atoms with van der Waals surface area (Å²) >= 11 is 1.84. The van der Waals surface area contributed by atoms with E-state index >= 15 is 0 Å². The molecule has 17 heavy (non-hydrogen) atoms. The largest absolute Gasteiger partial charge is 0.309 e. The highest BCUT2D eigenvalue weighted by atomic mass is 32.1. The maximum Gasteiger partial charge on any atom is 0.0686 e. The summed E-state index contributed by atoms with van der Waals surface area (Å²) in [6.07, 6.45) is 0. The molecule has 3 heteroatoms. The molecule has 90 valence electrons. The van der Waals surface area contributed by atoms with Gasteiger partial charge in [-0.1, -0.05) is 6.07 Å². The zero-order chi connectivity index (χ0) is 12.4. The third kappa shape index (κ3) is 2.56. The topological polar surface area (TPSA) is 24.9 Å². The van der Waals surface area contributed by atoms with Crippen LogP contribution in [0, 0.1) is 20.8 Å². The molecule has 2 nitrogen and oxygen atoms in total. The quantitative estimate of drug-likeness (QED) is 0.898. The zero-order valence-corrected chi connectivity index (χ0v) is 11.6. The predicted octanol–water partition coefficient (Wildman–Crippen LogP) is 3.38. The van der Waals surface area contributed by atoms with Gasteiger partial charge in [-0.3, -0.25) is 4.98 Å². The van der Waals surface area contributed by atoms with Crippen LogP contribution in [0.25, 0.3) is 0 Å². The Labute approximate surface area is 107 Å². The molecule has 1 atom stereocenters. The number of nitrogens with zero attached hydrogens (tertiary/aromatic N) is 1. The fraction of sp³-hybridized carbons (Fsp3) is 0.357. The molecule has 0 aliphatic carbocycles. The first kappa shape index (κ1) is 12.3. The monoisotopic (exact) mass is 246 g/mol. The molecule has 1 unspecified atom stereocenters. The van der Waals surface area contributed by atoms with Crippen molar-refractivity contribution in [2.45, 2.75) is 26.8 Å². The summed E-state index contributed by atoms with van der Waals surface area (Å²) in [6, 6.07) is 8.87. The molecule has 2 aromatic rings. The summed E-state index contributed by atoms with van der Waals surface area (Å²) in [5, 5.41) is 3.38. The maximum atomic E-state index is 4.54. The molecule has 0 radical (unpaired) electrons. The van der Waals surface area contributed by atoms with Crippen LogP contribution in [0.1, 0.15) is 32.7 Å². The van der Waals surface area contributed by atoms with E-state index in [-0.39, 0.29) is 6.04 Å². The standard InChI is InChI=1S/C14H18N2S/c1-9-5-7-12(11(3)16-9)14(15-4)13-8-6-10(2)17-13/h5-8,14-15H,1-4H3. The van der Waals surface area contributed by atoms with Crippen molar-refractivity contribution in [3.05, 3.63) is 51.0 Å². The van der Waals surface area contributed by atoms with Crippen LogP contribution in [-0.4, -0.2) is 12.0 Å². The van der Waals surface area contributed by atoms with Crippen LogP contribution in [-0.2, 0) is 0 Å². The van der Waals surface area contributed by atoms with Crippen LogP contribution in [0.15, 0.2) is 24.3 Å². The molecule has 0 saturated carbocycles. The van der Waals surface area contributed by atoms with Gasteiger partial charge in [0.1, 0.15) is 0 Å². The molecular formula is C14H18N2S. The fourth-order valence-electron chi connectivity index (χ4n) is 2.06. The van der Waals surface area contributed by atoms with Gasteiger partial charge in [-0.25, -0.2) is 0 Å². The van der Waals surface area contributed by atoms with E-state index in [2.05, 4.69) is 48.4 Å². The highest BCUT2D eigenvalue weighted by Gasteiger charge is 2.16. The molecule has 0 amide bonds. The molecule has 0 aliphatic heterocycles. The molecule has 2 aromatic heterocycles. The minimum atomic E-state index is 0.252. The molecular weight excluding hydrogens is 228 g/mol. The molecule has 0 spiro atoms. The van der Waals surface area contributed by atoms with Gasteiger partial charge in [-0.05, 0) is 51.6 Å². The van der Waals surface area contributed by atoms with Crippen LogP contribution in [0.4, 0.5) is 0 Å². The van der Waals surface area contributed by atoms with Crippen LogP contribution in [0.2, 0.25) is 0 Å². The Balaban J connectivity index is 2.42. The van der Waals surface area contributed by atoms with E-state index in [1.807, 2.05) is 25.3 Å². The molecule has 2 heterocycles. The lowest BCUT2D eigenvalue weighted by Gasteiger charge is -2.17. The lowest BCUT2D eigenvalue weighted by atomic mass is 10.0. The Bertz CT molecular complexity index is 517. The second kappa shape index (κ2) is 4.98. The number of hydrogen-bond donors (Lipinski definition) is 1. The lowest BCUT2D eigenvalue weighted by molar-refractivity contribution is 0.693. The molecule has 2 rings (SSSR count). The summed E-state index contributed by atoms with van der Waals surface area (Å²) in [6.45, 7) is 6.24. The molecule has 0 bridgehead atoms. The summed E-state index contributed by atoms with van der Waals surface area (Å²) in [5.41, 5.74) is 3.44. The van der Waals surface area contributed by atoms with Crippen molar-refractivity contribution >= 4 is 11.3 Å². The summed E-state index contributed by atoms with van der Waals surface area (Å²) in [5.74, 6) is 0. The average Bonchev–Trinajstić information content (AvgIpc) is 2.69. The van der Waals surface area contributed by atoms with E-state index in [9.17, 15) is 0 Å². The van der Waals surface area contributed by atoms with Gasteiger partial charge in [0.25, 0.3) is 0 Å². The summed E-state index contributed by atoms with van der Waals surface area (Å²) < 4.78 is 0. The van der Waals surface area contributed by atoms with Crippen LogP contribution >= 0.6 is 11.3 Å². The number of aryl methyl sites for hydroxylation is 3. The fourth-order valence-corrected chi connectivity index (χ4v) is 3.07. The zero-order valence-electron chi connectivity index (χ0n) is 10.7. The van der Waals surface area contributed by atoms with E-state index in [0.29, 0.717) is 0 Å². The molecule has 0 aromatic carbocycles. The minimum absolute atomic E-state index is 0.252. The van der Waals surface area contributed by atoms with Crippen LogP contribution in [0.5, 0.6) is 0 Å². The Morgan fingerprint density at radius 1 is 1.12 bits per heavy atom. The third-order valence-electron chi connectivity index (χ3n) is 2.91. The van der Waals surface area contributed by atoms with Gasteiger partial charge in [-0.15, -0.1) is 11.3 Å². The van der Waals surface area contributed by atoms with E-state index < -0.39 is 0 Å². The number of hydrogen-bond acceptors (Lipinski definition) is 3. The SMILES string of the molecule is CNC(c1ccc(C)s1)c1ccc(C)nc1C. The smallest absolute Gasteiger partial charge is 0.0686 e. The van der Waals surface area contributed by atoms with Crippen molar-refractivity contribution in [3.8, 4) is 0 Å². The van der Waals surface area contributed by atoms with E-state index in [1.54, 1.807) is 0 Å². The van der Waals surface area contributed by atoms with Crippen molar-refractivity contribution in [1.29, 1.82) is 0 Å². The van der Waals surface area contributed by atoms with Gasteiger partial charge >= 0.3 is 0 Å². The Morgan fingerprint density at radius 2 is 1.88 bits per heavy atom. The van der Waals surface area contributed by atoms with Crippen molar-refractivity contribution < 1.29 is 0 Å². The van der Waals surface area contributed by atoms with Crippen LogP contribution < -0.4 is 5.32 Å². The Morgan fingerprint density at radius 3 is 2.41 bits per heavy atom. The number of aromatic nitrogens is 1. The van der Waals surface area contributed by atoms with E-state index in [1.165, 1.54) is 15.3 Å². The minimum Gasteiger partial charge on any atom is -0.309 e.